The van der Waals surface area contributed by atoms with Crippen molar-refractivity contribution in [3.63, 3.8) is 0 Å². The summed E-state index contributed by atoms with van der Waals surface area (Å²) in [5.74, 6) is -0.544. The van der Waals surface area contributed by atoms with Crippen molar-refractivity contribution in [3.05, 3.63) is 46.3 Å². The molecule has 1 aromatic heterocycles. The number of alkyl halides is 3. The van der Waals surface area contributed by atoms with Crippen molar-refractivity contribution in [2.24, 2.45) is 7.05 Å². The second-order valence-electron chi connectivity index (χ2n) is 4.77. The van der Waals surface area contributed by atoms with Crippen LogP contribution in [0.1, 0.15) is 5.56 Å². The lowest BCUT2D eigenvalue weighted by Crippen LogP contribution is -2.22. The van der Waals surface area contributed by atoms with Gasteiger partial charge in [0.15, 0.2) is 0 Å². The highest BCUT2D eigenvalue weighted by Gasteiger charge is 2.32. The van der Waals surface area contributed by atoms with Crippen LogP contribution in [-0.2, 0) is 13.6 Å². The Balaban J connectivity index is 2.30. The average Bonchev–Trinajstić information content (AvgIpc) is 2.81. The van der Waals surface area contributed by atoms with Gasteiger partial charge in [0.05, 0.1) is 0 Å². The predicted octanol–water partition coefficient (Wildman–Crippen LogP) is 2.86. The van der Waals surface area contributed by atoms with Crippen molar-refractivity contribution in [1.29, 1.82) is 0 Å². The lowest BCUT2D eigenvalue weighted by Gasteiger charge is -2.20. The Morgan fingerprint density at radius 3 is 2.65 bits per heavy atom. The van der Waals surface area contributed by atoms with Gasteiger partial charge < -0.3 is 19.8 Å². The molecule has 0 saturated heterocycles. The van der Waals surface area contributed by atoms with Gasteiger partial charge in [-0.05, 0) is 16.0 Å². The molecule has 0 aliphatic rings. The molecule has 0 bridgehead atoms. The second-order valence-corrected chi connectivity index (χ2v) is 4.77. The van der Waals surface area contributed by atoms with Gasteiger partial charge >= 0.3 is 12.2 Å². The fourth-order valence-corrected chi connectivity index (χ4v) is 2.17. The number of nitrogens with zero attached hydrogens (tertiary/aromatic N) is 4. The maximum absolute atomic E-state index is 12.4. The first-order chi connectivity index (χ1) is 10.7. The van der Waals surface area contributed by atoms with E-state index in [1.54, 1.807) is 13.1 Å². The third kappa shape index (κ3) is 3.90. The molecule has 0 unspecified atom stereocenters. The summed E-state index contributed by atoms with van der Waals surface area (Å²) >= 11 is 0. The van der Waals surface area contributed by atoms with Crippen molar-refractivity contribution < 1.29 is 22.8 Å². The van der Waals surface area contributed by atoms with E-state index in [4.69, 9.17) is 0 Å². The minimum Gasteiger partial charge on any atom is -0.405 e. The first kappa shape index (κ1) is 16.6. The van der Waals surface area contributed by atoms with E-state index in [0.717, 1.165) is 0 Å². The fraction of sp³-hybridized carbons (Fsp3) is 0.308. The van der Waals surface area contributed by atoms with Gasteiger partial charge in [0.25, 0.3) is 0 Å². The van der Waals surface area contributed by atoms with Crippen LogP contribution >= 0.6 is 0 Å². The van der Waals surface area contributed by atoms with E-state index in [0.29, 0.717) is 0 Å². The second kappa shape index (κ2) is 6.15. The van der Waals surface area contributed by atoms with Crippen LogP contribution in [0.2, 0.25) is 0 Å². The molecule has 23 heavy (non-hydrogen) atoms. The first-order valence-electron chi connectivity index (χ1n) is 6.39. The summed E-state index contributed by atoms with van der Waals surface area (Å²) in [5.41, 5.74) is 0.239. The van der Waals surface area contributed by atoms with Crippen LogP contribution in [0.4, 0.5) is 24.8 Å². The minimum atomic E-state index is -4.81. The molecule has 2 rings (SSSR count). The van der Waals surface area contributed by atoms with Gasteiger partial charge in [-0.15, -0.1) is 13.2 Å². The van der Waals surface area contributed by atoms with Crippen molar-refractivity contribution >= 4 is 11.6 Å². The maximum atomic E-state index is 12.4. The van der Waals surface area contributed by atoms with Crippen LogP contribution in [0.15, 0.2) is 30.6 Å². The van der Waals surface area contributed by atoms with Crippen molar-refractivity contribution in [2.45, 2.75) is 12.9 Å². The molecule has 0 aliphatic carbocycles. The number of imidazole rings is 1. The Morgan fingerprint density at radius 2 is 2.04 bits per heavy atom. The summed E-state index contributed by atoms with van der Waals surface area (Å²) < 4.78 is 42.7. The van der Waals surface area contributed by atoms with Gasteiger partial charge in [0.1, 0.15) is 5.75 Å². The van der Waals surface area contributed by atoms with E-state index < -0.39 is 11.3 Å². The highest BCUT2D eigenvalue weighted by atomic mass is 19.4. The number of aryl methyl sites for hydroxylation is 1. The smallest absolute Gasteiger partial charge is 0.405 e. The van der Waals surface area contributed by atoms with Crippen LogP contribution in [0, 0.1) is 10.1 Å². The Morgan fingerprint density at radius 1 is 1.39 bits per heavy atom. The highest BCUT2D eigenvalue weighted by Crippen LogP contribution is 2.30. The predicted molar refractivity (Wildman–Crippen MR) is 75.1 cm³/mol. The van der Waals surface area contributed by atoms with Crippen molar-refractivity contribution in [3.8, 4) is 5.75 Å². The van der Waals surface area contributed by atoms with E-state index in [9.17, 15) is 23.3 Å². The lowest BCUT2D eigenvalue weighted by molar-refractivity contribution is -0.388. The average molecular weight is 330 g/mol. The van der Waals surface area contributed by atoms with E-state index in [-0.39, 0.29) is 29.5 Å². The zero-order valence-electron chi connectivity index (χ0n) is 12.2. The first-order valence-corrected chi connectivity index (χ1v) is 6.39. The SMILES string of the molecule is CN(Cc1ccccc1OC(F)(F)F)c1c([N+](=O)[O-])ncn1C. The van der Waals surface area contributed by atoms with Gasteiger partial charge in [0.2, 0.25) is 12.1 Å². The zero-order valence-corrected chi connectivity index (χ0v) is 12.2. The summed E-state index contributed by atoms with van der Waals surface area (Å²) in [6.07, 6.45) is -3.55. The highest BCUT2D eigenvalue weighted by molar-refractivity contribution is 5.54. The summed E-state index contributed by atoms with van der Waals surface area (Å²) in [5, 5.41) is 11.0. The molecule has 0 saturated carbocycles. The number of halogens is 3. The number of anilines is 1. The largest absolute Gasteiger partial charge is 0.573 e. The molecule has 0 spiro atoms. The number of rotatable bonds is 5. The normalized spacial score (nSPS) is 11.3. The molecule has 2 aromatic rings. The Labute approximate surface area is 129 Å². The molecule has 0 radical (unpaired) electrons. The fourth-order valence-electron chi connectivity index (χ4n) is 2.17. The van der Waals surface area contributed by atoms with Gasteiger partial charge in [-0.1, -0.05) is 18.2 Å². The number of hydrogen-bond acceptors (Lipinski definition) is 5. The number of para-hydroxylation sites is 1. The number of benzene rings is 1. The summed E-state index contributed by atoms with van der Waals surface area (Å²) in [6.45, 7) is -0.0212. The molecule has 1 aromatic carbocycles. The number of ether oxygens (including phenoxy) is 1. The van der Waals surface area contributed by atoms with E-state index in [1.165, 1.54) is 41.0 Å². The lowest BCUT2D eigenvalue weighted by atomic mass is 10.2. The van der Waals surface area contributed by atoms with Gasteiger partial charge in [0, 0.05) is 26.2 Å². The number of hydrogen-bond donors (Lipinski definition) is 0. The van der Waals surface area contributed by atoms with Crippen LogP contribution < -0.4 is 9.64 Å². The molecule has 0 N–H and O–H groups in total. The van der Waals surface area contributed by atoms with Crippen LogP contribution in [0.5, 0.6) is 5.75 Å². The van der Waals surface area contributed by atoms with Gasteiger partial charge in [-0.25, -0.2) is 0 Å². The summed E-state index contributed by atoms with van der Waals surface area (Å²) in [4.78, 5) is 15.4. The standard InChI is InChI=1S/C13H13F3N4O3/c1-18(12-11(20(21)22)17-8-19(12)2)7-9-5-3-4-6-10(9)23-13(14,15)16/h3-6,8H,7H2,1-2H3. The molecule has 0 fully saturated rings. The van der Waals surface area contributed by atoms with E-state index in [2.05, 4.69) is 9.72 Å². The zero-order chi connectivity index (χ0) is 17.2. The van der Waals surface area contributed by atoms with Gasteiger partial charge in [-0.2, -0.15) is 0 Å². The Hall–Kier alpha value is -2.78. The van der Waals surface area contributed by atoms with E-state index >= 15 is 0 Å². The molecule has 7 nitrogen and oxygen atoms in total. The minimum absolute atomic E-state index is 0.0212. The van der Waals surface area contributed by atoms with Crippen molar-refractivity contribution in [2.75, 3.05) is 11.9 Å². The molecule has 0 amide bonds. The molecule has 0 atom stereocenters. The van der Waals surface area contributed by atoms with Crippen LogP contribution in [0.3, 0.4) is 0 Å². The van der Waals surface area contributed by atoms with Gasteiger partial charge in [-0.3, -0.25) is 4.57 Å². The Bertz CT molecular complexity index is 715. The molecular formula is C13H13F3N4O3. The molecular weight excluding hydrogens is 317 g/mol. The maximum Gasteiger partial charge on any atom is 0.573 e. The monoisotopic (exact) mass is 330 g/mol. The third-order valence-corrected chi connectivity index (χ3v) is 3.03. The summed E-state index contributed by atoms with van der Waals surface area (Å²) in [6, 6.07) is 5.62. The quantitative estimate of drug-likeness (QED) is 0.622. The summed E-state index contributed by atoms with van der Waals surface area (Å²) in [7, 11) is 3.08. The number of aromatic nitrogens is 2. The molecule has 10 heteroatoms. The topological polar surface area (TPSA) is 73.4 Å². The van der Waals surface area contributed by atoms with Crippen LogP contribution in [0.25, 0.3) is 0 Å². The molecule has 124 valence electrons. The van der Waals surface area contributed by atoms with Crippen molar-refractivity contribution in [1.82, 2.24) is 9.55 Å². The molecule has 1 heterocycles. The third-order valence-electron chi connectivity index (χ3n) is 3.03. The Kier molecular flexibility index (Phi) is 4.43. The number of nitro groups is 1. The molecule has 0 aliphatic heterocycles. The van der Waals surface area contributed by atoms with E-state index in [1.807, 2.05) is 0 Å². The van der Waals surface area contributed by atoms with Crippen LogP contribution in [-0.4, -0.2) is 27.9 Å².